The average Bonchev–Trinajstić information content (AvgIpc) is 3.08. The van der Waals surface area contributed by atoms with E-state index in [0.717, 1.165) is 57.2 Å². The molecule has 3 heterocycles. The van der Waals surface area contributed by atoms with Crippen molar-refractivity contribution in [1.82, 2.24) is 19.7 Å². The number of piperidine rings is 1. The average molecular weight is 617 g/mol. The van der Waals surface area contributed by atoms with Gasteiger partial charge in [-0.25, -0.2) is 0 Å². The van der Waals surface area contributed by atoms with E-state index in [-0.39, 0.29) is 29.8 Å². The standard InChI is InChI=1S/C37H52N4O4/c1-28(23-29-11-5-2-6-12-29)34(43)40-20-17-37(45,36(26-40)15-9-4-10-16-36)27-41-25-32(35(44)39-21-18-38-19-22-39)31(24-33(41)42)30-13-7-3-8-14-30/h3,7-8,13-14,24-25,28-29,38,45H,2,4-6,9-12,15-23,26-27H2,1H3/t28-,37?/m1/s1. The van der Waals surface area contributed by atoms with Gasteiger partial charge in [-0.15, -0.1) is 0 Å². The first-order valence-electron chi connectivity index (χ1n) is 17.6. The first-order valence-corrected chi connectivity index (χ1v) is 17.6. The number of nitrogens with one attached hydrogen (secondary N) is 1. The van der Waals surface area contributed by atoms with Gasteiger partial charge in [0.25, 0.3) is 11.5 Å². The molecule has 2 saturated carbocycles. The van der Waals surface area contributed by atoms with Gasteiger partial charge >= 0.3 is 0 Å². The molecular weight excluding hydrogens is 564 g/mol. The normalized spacial score (nSPS) is 24.8. The highest BCUT2D eigenvalue weighted by molar-refractivity contribution is 6.00. The number of amides is 2. The molecule has 244 valence electrons. The summed E-state index contributed by atoms with van der Waals surface area (Å²) in [7, 11) is 0. The highest BCUT2D eigenvalue weighted by Crippen LogP contribution is 2.50. The number of carbonyl (C=O) groups is 2. The van der Waals surface area contributed by atoms with Crippen molar-refractivity contribution in [3.63, 3.8) is 0 Å². The SMILES string of the molecule is C[C@H](CC1CCCCC1)C(=O)N1CCC(O)(Cn2cc(C(=O)N3CCNCC3)c(-c3ccccc3)cc2=O)C2(CCCCC2)C1. The Balaban J connectivity index is 1.28. The van der Waals surface area contributed by atoms with Crippen LogP contribution in [0, 0.1) is 17.3 Å². The lowest BCUT2D eigenvalue weighted by molar-refractivity contribution is -0.173. The molecule has 2 saturated heterocycles. The van der Waals surface area contributed by atoms with E-state index in [1.165, 1.54) is 32.1 Å². The molecule has 4 aliphatic rings. The number of hydrogen-bond donors (Lipinski definition) is 2. The van der Waals surface area contributed by atoms with Crippen LogP contribution in [-0.2, 0) is 11.3 Å². The quantitative estimate of drug-likeness (QED) is 0.453. The number of aromatic nitrogens is 1. The zero-order valence-corrected chi connectivity index (χ0v) is 27.1. The zero-order valence-electron chi connectivity index (χ0n) is 27.1. The van der Waals surface area contributed by atoms with Crippen LogP contribution in [0.4, 0.5) is 0 Å². The summed E-state index contributed by atoms with van der Waals surface area (Å²) < 4.78 is 1.58. The molecule has 1 unspecified atom stereocenters. The van der Waals surface area contributed by atoms with Gasteiger partial charge in [0, 0.05) is 68.4 Å². The van der Waals surface area contributed by atoms with Crippen molar-refractivity contribution in [3.8, 4) is 11.1 Å². The van der Waals surface area contributed by atoms with Crippen LogP contribution in [0.15, 0.2) is 47.4 Å². The summed E-state index contributed by atoms with van der Waals surface area (Å²) in [4.78, 5) is 45.4. The summed E-state index contributed by atoms with van der Waals surface area (Å²) in [5.41, 5.74) is 0.121. The molecule has 1 aromatic carbocycles. The molecule has 0 radical (unpaired) electrons. The second-order valence-corrected chi connectivity index (χ2v) is 14.5. The van der Waals surface area contributed by atoms with Crippen molar-refractivity contribution in [2.24, 2.45) is 17.3 Å². The molecule has 2 atom stereocenters. The minimum Gasteiger partial charge on any atom is -0.387 e. The van der Waals surface area contributed by atoms with Crippen LogP contribution in [0.2, 0.25) is 0 Å². The molecule has 2 amide bonds. The van der Waals surface area contributed by atoms with Crippen LogP contribution in [-0.4, -0.2) is 76.2 Å². The molecule has 2 aromatic rings. The largest absolute Gasteiger partial charge is 0.387 e. The Labute approximate surface area is 268 Å². The fraction of sp³-hybridized carbons (Fsp3) is 0.649. The summed E-state index contributed by atoms with van der Waals surface area (Å²) >= 11 is 0. The number of pyridine rings is 1. The van der Waals surface area contributed by atoms with E-state index in [4.69, 9.17) is 0 Å². The molecule has 8 nitrogen and oxygen atoms in total. The van der Waals surface area contributed by atoms with Gasteiger partial charge in [0.15, 0.2) is 0 Å². The summed E-state index contributed by atoms with van der Waals surface area (Å²) in [6, 6.07) is 11.2. The smallest absolute Gasteiger partial charge is 0.256 e. The third kappa shape index (κ3) is 6.78. The van der Waals surface area contributed by atoms with Crippen LogP contribution in [0.25, 0.3) is 11.1 Å². The van der Waals surface area contributed by atoms with E-state index in [0.29, 0.717) is 49.6 Å². The predicted molar refractivity (Wildman–Crippen MR) is 177 cm³/mol. The Morgan fingerprint density at radius 1 is 0.933 bits per heavy atom. The van der Waals surface area contributed by atoms with Gasteiger partial charge < -0.3 is 24.8 Å². The number of likely N-dealkylation sites (tertiary alicyclic amines) is 1. The number of nitrogens with zero attached hydrogens (tertiary/aromatic N) is 3. The summed E-state index contributed by atoms with van der Waals surface area (Å²) in [5.74, 6) is 0.773. The predicted octanol–water partition coefficient (Wildman–Crippen LogP) is 5.08. The summed E-state index contributed by atoms with van der Waals surface area (Å²) in [6.45, 7) is 5.96. The van der Waals surface area contributed by atoms with Gasteiger partial charge in [-0.1, -0.05) is 88.6 Å². The molecule has 2 aliphatic carbocycles. The van der Waals surface area contributed by atoms with E-state index in [2.05, 4.69) is 12.2 Å². The summed E-state index contributed by atoms with van der Waals surface area (Å²) in [6.07, 6.45) is 14.3. The van der Waals surface area contributed by atoms with Crippen molar-refractivity contribution in [1.29, 1.82) is 0 Å². The van der Waals surface area contributed by atoms with Crippen molar-refractivity contribution in [2.75, 3.05) is 39.3 Å². The van der Waals surface area contributed by atoms with Crippen LogP contribution in [0.1, 0.15) is 94.3 Å². The highest BCUT2D eigenvalue weighted by Gasteiger charge is 2.55. The lowest BCUT2D eigenvalue weighted by Gasteiger charge is -2.56. The van der Waals surface area contributed by atoms with Gasteiger partial charge in [0.2, 0.25) is 5.91 Å². The summed E-state index contributed by atoms with van der Waals surface area (Å²) in [5, 5.41) is 15.9. The van der Waals surface area contributed by atoms with Crippen molar-refractivity contribution >= 4 is 11.8 Å². The first-order chi connectivity index (χ1) is 21.8. The number of hydrogen-bond acceptors (Lipinski definition) is 5. The van der Waals surface area contributed by atoms with Crippen molar-refractivity contribution < 1.29 is 14.7 Å². The van der Waals surface area contributed by atoms with E-state index in [1.807, 2.05) is 40.1 Å². The first kappa shape index (κ1) is 32.0. The second-order valence-electron chi connectivity index (χ2n) is 14.5. The van der Waals surface area contributed by atoms with E-state index in [1.54, 1.807) is 16.8 Å². The fourth-order valence-corrected chi connectivity index (χ4v) is 8.84. The van der Waals surface area contributed by atoms with Crippen molar-refractivity contribution in [3.05, 3.63) is 58.5 Å². The maximum atomic E-state index is 13.9. The Bertz CT molecular complexity index is 1390. The van der Waals surface area contributed by atoms with Gasteiger partial charge in [0.1, 0.15) is 0 Å². The van der Waals surface area contributed by atoms with Crippen LogP contribution in [0.5, 0.6) is 0 Å². The molecule has 8 heteroatoms. The molecule has 45 heavy (non-hydrogen) atoms. The number of benzene rings is 1. The molecule has 4 fully saturated rings. The molecule has 2 aliphatic heterocycles. The maximum absolute atomic E-state index is 13.9. The number of rotatable bonds is 7. The van der Waals surface area contributed by atoms with Crippen molar-refractivity contribution in [2.45, 2.75) is 96.1 Å². The highest BCUT2D eigenvalue weighted by atomic mass is 16.3. The van der Waals surface area contributed by atoms with Crippen LogP contribution >= 0.6 is 0 Å². The Morgan fingerprint density at radius 3 is 2.33 bits per heavy atom. The van der Waals surface area contributed by atoms with E-state index >= 15 is 0 Å². The van der Waals surface area contributed by atoms with Gasteiger partial charge in [0.05, 0.1) is 17.7 Å². The molecule has 2 N–H and O–H groups in total. The minimum absolute atomic E-state index is 0.00774. The fourth-order valence-electron chi connectivity index (χ4n) is 8.84. The topological polar surface area (TPSA) is 94.9 Å². The monoisotopic (exact) mass is 616 g/mol. The van der Waals surface area contributed by atoms with Gasteiger partial charge in [-0.3, -0.25) is 14.4 Å². The number of piperazine rings is 1. The Kier molecular flexibility index (Phi) is 9.81. The Morgan fingerprint density at radius 2 is 1.62 bits per heavy atom. The minimum atomic E-state index is -1.15. The van der Waals surface area contributed by atoms with Crippen LogP contribution in [0.3, 0.4) is 0 Å². The third-order valence-electron chi connectivity index (χ3n) is 11.5. The third-order valence-corrected chi connectivity index (χ3v) is 11.5. The molecule has 0 bridgehead atoms. The molecule has 1 aromatic heterocycles. The number of aliphatic hydroxyl groups is 1. The second kappa shape index (κ2) is 13.8. The maximum Gasteiger partial charge on any atom is 0.256 e. The molecule has 1 spiro atoms. The van der Waals surface area contributed by atoms with E-state index in [9.17, 15) is 19.5 Å². The lowest BCUT2D eigenvalue weighted by atomic mass is 9.59. The Hall–Kier alpha value is -2.97. The van der Waals surface area contributed by atoms with E-state index < -0.39 is 11.0 Å². The zero-order chi connectivity index (χ0) is 31.4. The van der Waals surface area contributed by atoms with Gasteiger partial charge in [-0.2, -0.15) is 0 Å². The molecular formula is C37H52N4O4. The lowest BCUT2D eigenvalue weighted by Crippen LogP contribution is -2.64. The number of carbonyl (C=O) groups excluding carboxylic acids is 2. The van der Waals surface area contributed by atoms with Gasteiger partial charge in [-0.05, 0) is 37.2 Å². The molecule has 6 rings (SSSR count). The van der Waals surface area contributed by atoms with Crippen LogP contribution < -0.4 is 10.9 Å².